The molecule has 0 heterocycles. The summed E-state index contributed by atoms with van der Waals surface area (Å²) in [5, 5.41) is 2.45. The zero-order valence-corrected chi connectivity index (χ0v) is 10.4. The lowest BCUT2D eigenvalue weighted by atomic mass is 10.0. The Hall–Kier alpha value is -0.980. The summed E-state index contributed by atoms with van der Waals surface area (Å²) in [4.78, 5) is -1.85. The van der Waals surface area contributed by atoms with Crippen LogP contribution in [0.1, 0.15) is 25.3 Å². The van der Waals surface area contributed by atoms with Gasteiger partial charge in [0.1, 0.15) is 4.90 Å². The molecule has 1 rings (SSSR count). The Morgan fingerprint density at radius 2 is 1.53 bits per heavy atom. The van der Waals surface area contributed by atoms with Gasteiger partial charge in [0.15, 0.2) is 0 Å². The van der Waals surface area contributed by atoms with Crippen LogP contribution in [0.15, 0.2) is 23.1 Å². The molecule has 0 saturated heterocycles. The van der Waals surface area contributed by atoms with E-state index in [0.717, 1.165) is 0 Å². The van der Waals surface area contributed by atoms with Crippen LogP contribution in [-0.4, -0.2) is 7.05 Å². The number of rotatable bonds is 3. The molecule has 0 aliphatic carbocycles. The van der Waals surface area contributed by atoms with Crippen molar-refractivity contribution >= 4 is 15.9 Å². The first-order valence-corrected chi connectivity index (χ1v) is 6.85. The Kier molecular flexibility index (Phi) is 2.71. The average molecular weight is 275 g/mol. The molecule has 17 heavy (non-hydrogen) atoms. The molecule has 100 valence electrons. The summed E-state index contributed by atoms with van der Waals surface area (Å²) < 4.78 is 63.4. The number of benzene rings is 1. The predicted octanol–water partition coefficient (Wildman–Crippen LogP) is 5.51. The summed E-state index contributed by atoms with van der Waals surface area (Å²) in [6, 6.07) is 2.39. The van der Waals surface area contributed by atoms with Gasteiger partial charge in [-0.2, -0.15) is 0 Å². The summed E-state index contributed by atoms with van der Waals surface area (Å²) in [6.45, 7) is 3.29. The molecule has 0 aliphatic heterocycles. The summed E-state index contributed by atoms with van der Waals surface area (Å²) in [5.41, 5.74) is 0.250. The van der Waals surface area contributed by atoms with Crippen LogP contribution < -0.4 is 5.32 Å². The van der Waals surface area contributed by atoms with Gasteiger partial charge < -0.3 is 5.32 Å². The standard InChI is InChI=1S/C10H14F5NS/c1-7(2)8-4-9(16-3)6-10(5-8)17(11,12,13,14)15/h4-7,16H,1-3H3. The Bertz CT molecular complexity index is 437. The van der Waals surface area contributed by atoms with Crippen molar-refractivity contribution < 1.29 is 19.4 Å². The van der Waals surface area contributed by atoms with Crippen LogP contribution in [0, 0.1) is 0 Å². The second-order valence-corrected chi connectivity index (χ2v) is 6.57. The molecule has 0 aromatic heterocycles. The van der Waals surface area contributed by atoms with E-state index in [1.54, 1.807) is 13.8 Å². The summed E-state index contributed by atoms with van der Waals surface area (Å²) in [5.74, 6) is -0.262. The van der Waals surface area contributed by atoms with E-state index in [1.165, 1.54) is 13.1 Å². The van der Waals surface area contributed by atoms with Crippen molar-refractivity contribution in [2.75, 3.05) is 12.4 Å². The lowest BCUT2D eigenvalue weighted by Crippen LogP contribution is -2.08. The van der Waals surface area contributed by atoms with E-state index < -0.39 is 15.1 Å². The SMILES string of the molecule is CNc1cc(C(C)C)cc(S(F)(F)(F)(F)F)c1. The first kappa shape index (κ1) is 14.1. The third-order valence-corrected chi connectivity index (χ3v) is 3.46. The Labute approximate surface area is 96.7 Å². The maximum atomic E-state index is 12.7. The maximum absolute atomic E-state index is 12.7. The normalized spacial score (nSPS) is 16.5. The van der Waals surface area contributed by atoms with Crippen molar-refractivity contribution in [2.24, 2.45) is 0 Å². The molecule has 1 aromatic rings. The molecule has 0 spiro atoms. The van der Waals surface area contributed by atoms with Crippen LogP contribution in [0.25, 0.3) is 0 Å². The number of nitrogens with one attached hydrogen (secondary N) is 1. The van der Waals surface area contributed by atoms with Gasteiger partial charge in [-0.05, 0) is 29.7 Å². The molecule has 0 atom stereocenters. The Morgan fingerprint density at radius 3 is 1.88 bits per heavy atom. The maximum Gasteiger partial charge on any atom is 0.310 e. The highest BCUT2D eigenvalue weighted by atomic mass is 32.5. The number of hydrogen-bond acceptors (Lipinski definition) is 1. The molecule has 7 heteroatoms. The van der Waals surface area contributed by atoms with Crippen molar-refractivity contribution in [3.63, 3.8) is 0 Å². The van der Waals surface area contributed by atoms with Gasteiger partial charge in [-0.25, -0.2) is 0 Å². The minimum Gasteiger partial charge on any atom is -0.388 e. The predicted molar refractivity (Wildman–Crippen MR) is 61.5 cm³/mol. The fourth-order valence-electron chi connectivity index (χ4n) is 1.32. The number of anilines is 1. The fraction of sp³-hybridized carbons (Fsp3) is 0.400. The van der Waals surface area contributed by atoms with Crippen LogP contribution in [0.5, 0.6) is 0 Å². The second-order valence-electron chi connectivity index (χ2n) is 4.16. The van der Waals surface area contributed by atoms with Gasteiger partial charge in [0.05, 0.1) is 0 Å². The van der Waals surface area contributed by atoms with E-state index in [0.29, 0.717) is 12.1 Å². The highest BCUT2D eigenvalue weighted by molar-refractivity contribution is 8.45. The lowest BCUT2D eigenvalue weighted by Gasteiger charge is -2.41. The van der Waals surface area contributed by atoms with E-state index in [4.69, 9.17) is 0 Å². The second kappa shape index (κ2) is 3.28. The third kappa shape index (κ3) is 3.49. The van der Waals surface area contributed by atoms with Crippen LogP contribution in [0.4, 0.5) is 25.1 Å². The fourth-order valence-corrected chi connectivity index (χ4v) is 2.03. The molecule has 0 amide bonds. The molecule has 1 aromatic carbocycles. The molecule has 0 aliphatic rings. The highest BCUT2D eigenvalue weighted by Crippen LogP contribution is 3.02. The molecule has 0 bridgehead atoms. The summed E-state index contributed by atoms with van der Waals surface area (Å²) in [6.07, 6.45) is 0. The summed E-state index contributed by atoms with van der Waals surface area (Å²) in [7, 11) is -8.22. The van der Waals surface area contributed by atoms with E-state index in [1.807, 2.05) is 0 Å². The van der Waals surface area contributed by atoms with Gasteiger partial charge in [0.25, 0.3) is 0 Å². The van der Waals surface area contributed by atoms with Crippen LogP contribution >= 0.6 is 10.2 Å². The van der Waals surface area contributed by atoms with Gasteiger partial charge in [-0.15, -0.1) is 0 Å². The van der Waals surface area contributed by atoms with Gasteiger partial charge in [0.2, 0.25) is 0 Å². The van der Waals surface area contributed by atoms with Gasteiger partial charge in [-0.1, -0.05) is 33.3 Å². The lowest BCUT2D eigenvalue weighted by molar-refractivity contribution is 0.364. The quantitative estimate of drug-likeness (QED) is 0.717. The van der Waals surface area contributed by atoms with Crippen molar-refractivity contribution in [2.45, 2.75) is 24.7 Å². The molecule has 0 saturated carbocycles. The molecule has 0 radical (unpaired) electrons. The minimum absolute atomic E-state index is 0.0273. The number of halogens is 5. The zero-order chi connectivity index (χ0) is 13.5. The van der Waals surface area contributed by atoms with E-state index in [-0.39, 0.29) is 17.2 Å². The zero-order valence-electron chi connectivity index (χ0n) is 9.61. The smallest absolute Gasteiger partial charge is 0.310 e. The largest absolute Gasteiger partial charge is 0.388 e. The van der Waals surface area contributed by atoms with Crippen molar-refractivity contribution in [3.05, 3.63) is 23.8 Å². The van der Waals surface area contributed by atoms with E-state index in [9.17, 15) is 19.4 Å². The first-order valence-electron chi connectivity index (χ1n) is 4.90. The monoisotopic (exact) mass is 275 g/mol. The van der Waals surface area contributed by atoms with Gasteiger partial charge in [0, 0.05) is 12.7 Å². The molecule has 1 nitrogen and oxygen atoms in total. The average Bonchev–Trinajstić information content (AvgIpc) is 2.13. The van der Waals surface area contributed by atoms with Crippen molar-refractivity contribution in [1.29, 1.82) is 0 Å². The highest BCUT2D eigenvalue weighted by Gasteiger charge is 2.65. The van der Waals surface area contributed by atoms with Crippen molar-refractivity contribution in [3.8, 4) is 0 Å². The van der Waals surface area contributed by atoms with Crippen LogP contribution in [0.3, 0.4) is 0 Å². The molecular weight excluding hydrogens is 261 g/mol. The minimum atomic E-state index is -9.61. The Morgan fingerprint density at radius 1 is 1.00 bits per heavy atom. The molecule has 0 fully saturated rings. The van der Waals surface area contributed by atoms with E-state index in [2.05, 4.69) is 5.32 Å². The third-order valence-electron chi connectivity index (χ3n) is 2.33. The molecule has 0 unspecified atom stereocenters. The Balaban J connectivity index is 3.52. The molecule has 1 N–H and O–H groups in total. The first-order chi connectivity index (χ1) is 7.33. The van der Waals surface area contributed by atoms with E-state index >= 15 is 0 Å². The van der Waals surface area contributed by atoms with Crippen LogP contribution in [-0.2, 0) is 0 Å². The van der Waals surface area contributed by atoms with Gasteiger partial charge >= 0.3 is 10.2 Å². The number of hydrogen-bond donors (Lipinski definition) is 1. The summed E-state index contributed by atoms with van der Waals surface area (Å²) >= 11 is 0. The van der Waals surface area contributed by atoms with Crippen molar-refractivity contribution in [1.82, 2.24) is 0 Å². The topological polar surface area (TPSA) is 12.0 Å². The molecular formula is C10H14F5NS. The van der Waals surface area contributed by atoms with Gasteiger partial charge in [-0.3, -0.25) is 0 Å². The van der Waals surface area contributed by atoms with Crippen LogP contribution in [0.2, 0.25) is 0 Å².